The molecule has 5 heteroatoms. The summed E-state index contributed by atoms with van der Waals surface area (Å²) in [6.07, 6.45) is 3.78. The van der Waals surface area contributed by atoms with Crippen LogP contribution in [0.5, 0.6) is 0 Å². The molecule has 0 bridgehead atoms. The second kappa shape index (κ2) is 5.79. The van der Waals surface area contributed by atoms with Gasteiger partial charge in [0.25, 0.3) is 5.91 Å². The number of carbonyl (C=O) groups excluding carboxylic acids is 2. The van der Waals surface area contributed by atoms with Crippen molar-refractivity contribution in [1.82, 2.24) is 10.2 Å². The van der Waals surface area contributed by atoms with Crippen molar-refractivity contribution >= 4 is 27.7 Å². The molecule has 1 saturated heterocycles. The number of nitrogens with zero attached hydrogens (tertiary/aromatic N) is 1. The predicted molar refractivity (Wildman–Crippen MR) is 84.1 cm³/mol. The van der Waals surface area contributed by atoms with Crippen molar-refractivity contribution in [2.45, 2.75) is 44.7 Å². The lowest BCUT2D eigenvalue weighted by Gasteiger charge is -2.24. The van der Waals surface area contributed by atoms with E-state index < -0.39 is 0 Å². The third-order valence-electron chi connectivity index (χ3n) is 4.10. The smallest absolute Gasteiger partial charge is 0.255 e. The maximum Gasteiger partial charge on any atom is 0.255 e. The van der Waals surface area contributed by atoms with Crippen LogP contribution in [0.25, 0.3) is 0 Å². The molecule has 1 saturated carbocycles. The molecule has 2 fully saturated rings. The number of halogens is 1. The van der Waals surface area contributed by atoms with Crippen LogP contribution in [0.4, 0.5) is 0 Å². The molecule has 21 heavy (non-hydrogen) atoms. The summed E-state index contributed by atoms with van der Waals surface area (Å²) in [5.41, 5.74) is 1.73. The van der Waals surface area contributed by atoms with E-state index in [0.29, 0.717) is 18.2 Å². The zero-order valence-electron chi connectivity index (χ0n) is 12.1. The summed E-state index contributed by atoms with van der Waals surface area (Å²) in [7, 11) is 0. The van der Waals surface area contributed by atoms with Crippen LogP contribution in [0.3, 0.4) is 0 Å². The molecule has 112 valence electrons. The Labute approximate surface area is 133 Å². The molecule has 3 rings (SSSR count). The van der Waals surface area contributed by atoms with E-state index in [1.165, 1.54) is 0 Å². The van der Waals surface area contributed by atoms with Crippen LogP contribution in [0.2, 0.25) is 0 Å². The molecular weight excluding hydrogens is 332 g/mol. The van der Waals surface area contributed by atoms with E-state index in [1.54, 1.807) is 4.90 Å². The highest BCUT2D eigenvalue weighted by Crippen LogP contribution is 2.26. The monoisotopic (exact) mass is 350 g/mol. The molecule has 2 amide bonds. The molecule has 4 nitrogen and oxygen atoms in total. The highest BCUT2D eigenvalue weighted by atomic mass is 79.9. The maximum atomic E-state index is 12.7. The minimum Gasteiger partial charge on any atom is -0.352 e. The predicted octanol–water partition coefficient (Wildman–Crippen LogP) is 2.64. The summed E-state index contributed by atoms with van der Waals surface area (Å²) in [5, 5.41) is 3.01. The van der Waals surface area contributed by atoms with Crippen molar-refractivity contribution in [3.8, 4) is 0 Å². The second-order valence-corrected chi connectivity index (χ2v) is 6.78. The van der Waals surface area contributed by atoms with Gasteiger partial charge in [-0.25, -0.2) is 0 Å². The average Bonchev–Trinajstić information content (AvgIpc) is 3.11. The molecule has 1 heterocycles. The van der Waals surface area contributed by atoms with Gasteiger partial charge >= 0.3 is 0 Å². The summed E-state index contributed by atoms with van der Waals surface area (Å²) < 4.78 is 0.792. The van der Waals surface area contributed by atoms with E-state index in [1.807, 2.05) is 25.1 Å². The molecule has 1 aromatic carbocycles. The van der Waals surface area contributed by atoms with Crippen LogP contribution in [-0.2, 0) is 4.79 Å². The number of hydrogen-bond donors (Lipinski definition) is 1. The van der Waals surface area contributed by atoms with Crippen molar-refractivity contribution in [2.75, 3.05) is 6.54 Å². The van der Waals surface area contributed by atoms with Crippen molar-refractivity contribution in [2.24, 2.45) is 0 Å². The summed E-state index contributed by atoms with van der Waals surface area (Å²) in [5.74, 6) is -0.0538. The van der Waals surface area contributed by atoms with Gasteiger partial charge in [0.05, 0.1) is 5.56 Å². The Morgan fingerprint density at radius 1 is 1.29 bits per heavy atom. The fourth-order valence-corrected chi connectivity index (χ4v) is 3.42. The minimum atomic E-state index is -0.314. The first-order valence-corrected chi connectivity index (χ1v) is 8.23. The van der Waals surface area contributed by atoms with Gasteiger partial charge in [-0.05, 0) is 66.2 Å². The van der Waals surface area contributed by atoms with Gasteiger partial charge in [-0.1, -0.05) is 6.07 Å². The van der Waals surface area contributed by atoms with Gasteiger partial charge in [0, 0.05) is 17.1 Å². The molecule has 1 aliphatic carbocycles. The highest BCUT2D eigenvalue weighted by molar-refractivity contribution is 9.10. The number of benzene rings is 1. The maximum absolute atomic E-state index is 12.7. The zero-order valence-corrected chi connectivity index (χ0v) is 13.6. The number of carbonyl (C=O) groups is 2. The van der Waals surface area contributed by atoms with Gasteiger partial charge in [0.15, 0.2) is 0 Å². The van der Waals surface area contributed by atoms with Crippen LogP contribution in [0.15, 0.2) is 22.7 Å². The summed E-state index contributed by atoms with van der Waals surface area (Å²) in [6.45, 7) is 2.64. The van der Waals surface area contributed by atoms with Crippen molar-refractivity contribution in [3.63, 3.8) is 0 Å². The summed E-state index contributed by atoms with van der Waals surface area (Å²) in [6, 6.07) is 5.71. The number of likely N-dealkylation sites (tertiary alicyclic amines) is 1. The molecule has 0 radical (unpaired) electrons. The first kappa shape index (κ1) is 14.6. The number of hydrogen-bond acceptors (Lipinski definition) is 2. The lowest BCUT2D eigenvalue weighted by atomic mass is 10.1. The van der Waals surface area contributed by atoms with Gasteiger partial charge in [0.2, 0.25) is 5.91 Å². The van der Waals surface area contributed by atoms with Crippen LogP contribution in [-0.4, -0.2) is 35.3 Å². The molecular formula is C16H19BrN2O2. The molecule has 2 aliphatic rings. The largest absolute Gasteiger partial charge is 0.352 e. The first-order valence-electron chi connectivity index (χ1n) is 7.44. The average molecular weight is 351 g/mol. The Balaban J connectivity index is 1.77. The quantitative estimate of drug-likeness (QED) is 0.910. The van der Waals surface area contributed by atoms with E-state index in [4.69, 9.17) is 0 Å². The van der Waals surface area contributed by atoms with Crippen LogP contribution in [0, 0.1) is 6.92 Å². The first-order chi connectivity index (χ1) is 10.1. The molecule has 1 unspecified atom stereocenters. The molecule has 1 N–H and O–H groups in total. The van der Waals surface area contributed by atoms with Gasteiger partial charge in [-0.2, -0.15) is 0 Å². The normalized spacial score (nSPS) is 21.4. The molecule has 1 aliphatic heterocycles. The topological polar surface area (TPSA) is 49.4 Å². The SMILES string of the molecule is Cc1ccc(C(=O)N2CCCC2C(=O)NC2CC2)c(Br)c1. The lowest BCUT2D eigenvalue weighted by molar-refractivity contribution is -0.125. The standard InChI is InChI=1S/C16H19BrN2O2/c1-10-4-7-12(13(17)9-10)16(21)19-8-2-3-14(19)15(20)18-11-5-6-11/h4,7,9,11,14H,2-3,5-6,8H2,1H3,(H,18,20). The molecule has 0 aromatic heterocycles. The van der Waals surface area contributed by atoms with Gasteiger partial charge < -0.3 is 10.2 Å². The Morgan fingerprint density at radius 2 is 2.05 bits per heavy atom. The van der Waals surface area contributed by atoms with Crippen molar-refractivity contribution in [3.05, 3.63) is 33.8 Å². The summed E-state index contributed by atoms with van der Waals surface area (Å²) >= 11 is 3.45. The van der Waals surface area contributed by atoms with Gasteiger partial charge in [-0.15, -0.1) is 0 Å². The van der Waals surface area contributed by atoms with Crippen LogP contribution < -0.4 is 5.32 Å². The summed E-state index contributed by atoms with van der Waals surface area (Å²) in [4.78, 5) is 26.7. The van der Waals surface area contributed by atoms with Gasteiger partial charge in [-0.3, -0.25) is 9.59 Å². The van der Waals surface area contributed by atoms with E-state index in [2.05, 4.69) is 21.2 Å². The Bertz CT molecular complexity index is 584. The Kier molecular flexibility index (Phi) is 4.02. The van der Waals surface area contributed by atoms with Crippen molar-refractivity contribution < 1.29 is 9.59 Å². The number of nitrogens with one attached hydrogen (secondary N) is 1. The van der Waals surface area contributed by atoms with E-state index in [9.17, 15) is 9.59 Å². The fourth-order valence-electron chi connectivity index (χ4n) is 2.76. The number of aryl methyl sites for hydroxylation is 1. The van der Waals surface area contributed by atoms with E-state index in [-0.39, 0.29) is 17.9 Å². The van der Waals surface area contributed by atoms with Crippen LogP contribution >= 0.6 is 15.9 Å². The Hall–Kier alpha value is -1.36. The number of amides is 2. The van der Waals surface area contributed by atoms with Crippen molar-refractivity contribution in [1.29, 1.82) is 0 Å². The molecule has 1 aromatic rings. The van der Waals surface area contributed by atoms with E-state index in [0.717, 1.165) is 35.7 Å². The van der Waals surface area contributed by atoms with Gasteiger partial charge in [0.1, 0.15) is 6.04 Å². The molecule has 1 atom stereocenters. The van der Waals surface area contributed by atoms with Crippen LogP contribution in [0.1, 0.15) is 41.6 Å². The third-order valence-corrected chi connectivity index (χ3v) is 4.75. The minimum absolute atomic E-state index is 0.00610. The third kappa shape index (κ3) is 3.12. The fraction of sp³-hybridized carbons (Fsp3) is 0.500. The zero-order chi connectivity index (χ0) is 15.0. The molecule has 0 spiro atoms. The highest BCUT2D eigenvalue weighted by Gasteiger charge is 2.37. The second-order valence-electron chi connectivity index (χ2n) is 5.92. The lowest BCUT2D eigenvalue weighted by Crippen LogP contribution is -2.46. The Morgan fingerprint density at radius 3 is 2.71 bits per heavy atom. The number of rotatable bonds is 3. The van der Waals surface area contributed by atoms with E-state index >= 15 is 0 Å².